The van der Waals surface area contributed by atoms with E-state index in [4.69, 9.17) is 36.9 Å². The highest BCUT2D eigenvalue weighted by atomic mass is 19.4. The summed E-state index contributed by atoms with van der Waals surface area (Å²) in [6.07, 6.45) is -5.37. The Bertz CT molecular complexity index is 3270. The highest BCUT2D eigenvalue weighted by molar-refractivity contribution is 5.97. The van der Waals surface area contributed by atoms with Gasteiger partial charge in [-0.15, -0.1) is 0 Å². The minimum atomic E-state index is -4.62. The molecule has 4 aliphatic heterocycles. The number of nitrogens with zero attached hydrogens (tertiary/aromatic N) is 9. The number of aryl methyl sites for hydroxylation is 4. The molecule has 2 amide bonds. The van der Waals surface area contributed by atoms with Crippen molar-refractivity contribution in [2.75, 3.05) is 92.7 Å². The normalized spacial score (nSPS) is 27.0. The number of amides is 2. The van der Waals surface area contributed by atoms with Crippen LogP contribution in [0.2, 0.25) is 0 Å². The van der Waals surface area contributed by atoms with Gasteiger partial charge in [0.25, 0.3) is 11.8 Å². The van der Waals surface area contributed by atoms with Gasteiger partial charge >= 0.3 is 12.4 Å². The smallest absolute Gasteiger partial charge is 0.383 e. The summed E-state index contributed by atoms with van der Waals surface area (Å²) in [7, 11) is -5.81. The van der Waals surface area contributed by atoms with Crippen LogP contribution in [0.4, 0.5) is 26.3 Å². The number of hydrogen-bond acceptors (Lipinski definition) is 11. The van der Waals surface area contributed by atoms with Crippen molar-refractivity contribution >= 4 is 11.8 Å². The maximum atomic E-state index is 13.7. The maximum Gasteiger partial charge on any atom is 0.416 e. The van der Waals surface area contributed by atoms with Crippen LogP contribution >= 0.6 is 0 Å². The molecule has 4 fully saturated rings. The largest absolute Gasteiger partial charge is 0.416 e. The van der Waals surface area contributed by atoms with Crippen molar-refractivity contribution in [3.63, 3.8) is 0 Å². The lowest BCUT2D eigenvalue weighted by atomic mass is 9.86. The first-order valence-electron chi connectivity index (χ1n) is 34.9. The van der Waals surface area contributed by atoms with E-state index in [1.54, 1.807) is 11.8 Å². The lowest BCUT2D eigenvalue weighted by molar-refractivity contribution is -0.138. The zero-order valence-electron chi connectivity index (χ0n) is 62.7. The van der Waals surface area contributed by atoms with Crippen molar-refractivity contribution in [2.45, 2.75) is 128 Å². The van der Waals surface area contributed by atoms with Crippen molar-refractivity contribution in [2.24, 2.45) is 0 Å². The Morgan fingerprint density at radius 1 is 0.618 bits per heavy atom. The lowest BCUT2D eigenvalue weighted by Crippen LogP contribution is -2.62. The van der Waals surface area contributed by atoms with Gasteiger partial charge in [0, 0.05) is 125 Å². The minimum Gasteiger partial charge on any atom is -0.383 e. The number of hydrogen-bond donors (Lipinski definition) is 0. The maximum absolute atomic E-state index is 13.7. The number of benzene rings is 2. The Balaban J connectivity index is 0.000000271. The zero-order valence-corrected chi connectivity index (χ0v) is 42.7. The van der Waals surface area contributed by atoms with Crippen LogP contribution in [-0.4, -0.2) is 172 Å². The molecule has 2 aromatic carbocycles. The molecule has 4 saturated heterocycles. The Morgan fingerprint density at radius 3 is 1.50 bits per heavy atom. The van der Waals surface area contributed by atoms with Gasteiger partial charge in [-0.1, -0.05) is 24.3 Å². The van der Waals surface area contributed by atoms with Gasteiger partial charge in [-0.25, -0.2) is 9.97 Å². The molecular weight excluding hydrogens is 989 g/mol. The van der Waals surface area contributed by atoms with Gasteiger partial charge in [0.15, 0.2) is 0 Å². The number of piperidine rings is 2. The average molecular weight is 1090 g/mol. The summed E-state index contributed by atoms with van der Waals surface area (Å²) in [5.41, 5.74) is -5.14. The molecule has 0 spiro atoms. The molecule has 0 aliphatic carbocycles. The molecule has 2 aromatic heterocycles. The molecule has 13 nitrogen and oxygen atoms in total. The molecule has 0 unspecified atom stereocenters. The molecule has 0 N–H and O–H groups in total. The number of carbonyl (C=O) groups excluding carboxylic acids is 2. The Kier molecular flexibility index (Phi) is 11.8. The van der Waals surface area contributed by atoms with E-state index in [-0.39, 0.29) is 62.0 Å². The fraction of sp³-hybridized carbons (Fsp3) is 0.596. The number of rotatable bonds is 12. The summed E-state index contributed by atoms with van der Waals surface area (Å²) in [5.74, 6) is -1.49. The summed E-state index contributed by atoms with van der Waals surface area (Å²) in [4.78, 5) is 49.7. The van der Waals surface area contributed by atoms with E-state index in [9.17, 15) is 35.9 Å². The summed E-state index contributed by atoms with van der Waals surface area (Å²) < 4.78 is 246. The van der Waals surface area contributed by atoms with Gasteiger partial charge in [-0.3, -0.25) is 34.2 Å². The second-order valence-electron chi connectivity index (χ2n) is 20.4. The van der Waals surface area contributed by atoms with Crippen LogP contribution in [0.5, 0.6) is 0 Å². The van der Waals surface area contributed by atoms with Crippen molar-refractivity contribution in [3.8, 4) is 0 Å². The molecule has 19 heteroatoms. The van der Waals surface area contributed by atoms with Crippen LogP contribution in [0.1, 0.15) is 158 Å². The molecule has 4 aliphatic rings. The zero-order chi connectivity index (χ0) is 72.1. The summed E-state index contributed by atoms with van der Waals surface area (Å²) in [5, 5.41) is 0. The Labute approximate surface area is 473 Å². The van der Waals surface area contributed by atoms with E-state index in [0.717, 1.165) is 55.0 Å². The van der Waals surface area contributed by atoms with Gasteiger partial charge in [-0.2, -0.15) is 26.3 Å². The Hall–Kier alpha value is -5.05. The van der Waals surface area contributed by atoms with Crippen molar-refractivity contribution in [3.05, 3.63) is 123 Å². The van der Waals surface area contributed by atoms with E-state index >= 15 is 0 Å². The van der Waals surface area contributed by atoms with E-state index in [2.05, 4.69) is 31.7 Å². The Morgan fingerprint density at radius 2 is 1.07 bits per heavy atom. The quantitative estimate of drug-likeness (QED) is 0.127. The van der Waals surface area contributed by atoms with E-state index < -0.39 is 135 Å². The fourth-order valence-electron chi connectivity index (χ4n) is 11.0. The standard InChI is InChI=1S/C29H39F3N4O2.C28H38F3N5O2/c1-20-10-13-33-22(3)26(20)27(37)34-14-11-28(4,12-15-34)35-16-17-36(21(2)18-35)25(19-38-5)23-6-8-24(9-7-23)29(30,31)32;1-19-16-35(14-15-36(19)24(17-38-5)22-6-8-23(9-7-22)28(29,30)31)27(4)10-12-34(13-11-27)26(37)25-20(2)32-18-33-21(25)3/h6-10,13,21,25H,11-12,14-19H2,1-5H3;6-9,18-19,24H,10-17H2,1-5H3/t21-,25-;19-,24-/m00/s1/i1D3,3D3,5D3,19D2;2D3,3D3,5D3. The molecule has 0 radical (unpaired) electrons. The van der Waals surface area contributed by atoms with Crippen LogP contribution < -0.4 is 0 Å². The molecule has 0 bridgehead atoms. The van der Waals surface area contributed by atoms with Gasteiger partial charge in [0.2, 0.25) is 0 Å². The summed E-state index contributed by atoms with van der Waals surface area (Å²) >= 11 is 0. The van der Waals surface area contributed by atoms with Crippen molar-refractivity contribution in [1.29, 1.82) is 0 Å². The molecular formula is C57H77F6N9O4. The second kappa shape index (κ2) is 24.3. The number of halogens is 6. The first kappa shape index (κ1) is 36.9. The van der Waals surface area contributed by atoms with Crippen LogP contribution in [0.25, 0.3) is 0 Å². The summed E-state index contributed by atoms with van der Waals surface area (Å²) in [6, 6.07) is 7.09. The molecule has 76 heavy (non-hydrogen) atoms. The molecule has 0 saturated carbocycles. The second-order valence-corrected chi connectivity index (χ2v) is 20.4. The SMILES string of the molecule is [2H]C([2H])([2H])OC([2H])([2H])[C@@H](c1ccc(C(F)(F)F)cc1)N1CCN(C2(C)CCN(C(=O)c3c(C([2H])([2H])[2H])ccnc3C([2H])([2H])[2H])CC2)C[C@@H]1C.[2H]C([2H])([2H])OC[C@@H](c1ccc(C(F)(F)F)cc1)N1CCN(C2(C)CCN(C(=O)c3c(C([2H])([2H])[2H])ncnc3C([2H])([2H])[2H])CC2)C[C@@H]1C. The minimum absolute atomic E-state index is 0.115. The number of likely N-dealkylation sites (tertiary alicyclic amines) is 2. The molecule has 8 rings (SSSR count). The van der Waals surface area contributed by atoms with Gasteiger partial charge in [0.1, 0.15) is 6.33 Å². The number of aromatic nitrogens is 3. The monoisotopic (exact) mass is 1090 g/mol. The van der Waals surface area contributed by atoms with E-state index in [0.29, 0.717) is 64.0 Å². The van der Waals surface area contributed by atoms with Crippen LogP contribution in [0, 0.1) is 27.4 Å². The van der Waals surface area contributed by atoms with Crippen LogP contribution in [-0.2, 0) is 21.8 Å². The number of methoxy groups -OCH3 is 2. The molecule has 4 atom stereocenters. The molecule has 416 valence electrons. The lowest BCUT2D eigenvalue weighted by Gasteiger charge is -2.52. The predicted octanol–water partition coefficient (Wildman–Crippen LogP) is 9.61. The molecule has 6 heterocycles. The van der Waals surface area contributed by atoms with E-state index in [1.807, 2.05) is 18.7 Å². The number of alkyl halides is 6. The highest BCUT2D eigenvalue weighted by Crippen LogP contribution is 2.38. The first-order chi connectivity index (χ1) is 43.8. The number of ether oxygens (including phenoxy) is 2. The average Bonchev–Trinajstić information content (AvgIpc) is 0.776. The number of carbonyl (C=O) groups is 2. The van der Waals surface area contributed by atoms with Gasteiger partial charge < -0.3 is 19.3 Å². The fourth-order valence-corrected chi connectivity index (χ4v) is 11.0. The third-order valence-corrected chi connectivity index (χ3v) is 15.7. The number of piperazine rings is 2. The third-order valence-electron chi connectivity index (χ3n) is 15.7. The van der Waals surface area contributed by atoms with Crippen LogP contribution in [0.3, 0.4) is 0 Å². The van der Waals surface area contributed by atoms with Gasteiger partial charge in [-0.05, 0) is 128 Å². The number of pyridine rings is 1. The van der Waals surface area contributed by atoms with E-state index in [1.165, 1.54) is 21.9 Å². The topological polar surface area (TPSA) is 111 Å². The third kappa shape index (κ3) is 13.3. The highest BCUT2D eigenvalue weighted by Gasteiger charge is 2.44. The van der Waals surface area contributed by atoms with Crippen LogP contribution in [0.15, 0.2) is 67.1 Å². The van der Waals surface area contributed by atoms with Crippen molar-refractivity contribution in [1.82, 2.24) is 44.4 Å². The predicted molar refractivity (Wildman–Crippen MR) is 280 cm³/mol. The first-order valence-corrected chi connectivity index (χ1v) is 24.9. The van der Waals surface area contributed by atoms with Gasteiger partial charge in [0.05, 0.1) is 75.6 Å². The molecule has 4 aromatic rings. The summed E-state index contributed by atoms with van der Waals surface area (Å²) in [6.45, 7) is -3.24. The van der Waals surface area contributed by atoms with Crippen molar-refractivity contribution < 1.29 is 72.8 Å².